The van der Waals surface area contributed by atoms with E-state index in [1.54, 1.807) is 18.2 Å². The summed E-state index contributed by atoms with van der Waals surface area (Å²) in [5, 5.41) is 11.9. The van der Waals surface area contributed by atoms with Crippen LogP contribution in [0.2, 0.25) is 5.02 Å². The van der Waals surface area contributed by atoms with Crippen molar-refractivity contribution >= 4 is 17.5 Å². The van der Waals surface area contributed by atoms with E-state index >= 15 is 0 Å². The highest BCUT2D eigenvalue weighted by molar-refractivity contribution is 6.32. The number of rotatable bonds is 5. The van der Waals surface area contributed by atoms with Gasteiger partial charge in [0.25, 0.3) is 5.91 Å². The summed E-state index contributed by atoms with van der Waals surface area (Å²) in [7, 11) is 0. The van der Waals surface area contributed by atoms with Crippen LogP contribution in [-0.2, 0) is 6.54 Å². The molecular weight excluding hydrogens is 316 g/mol. The number of aromatic hydroxyl groups is 1. The highest BCUT2D eigenvalue weighted by Gasteiger charge is 2.12. The Balaban J connectivity index is 2.06. The summed E-state index contributed by atoms with van der Waals surface area (Å²) in [5.41, 5.74) is 0.663. The molecule has 0 heterocycles. The van der Waals surface area contributed by atoms with E-state index in [0.29, 0.717) is 5.56 Å². The molecule has 2 N–H and O–H groups in total. The highest BCUT2D eigenvalue weighted by atomic mass is 35.5. The van der Waals surface area contributed by atoms with Crippen LogP contribution in [0.5, 0.6) is 11.5 Å². The van der Waals surface area contributed by atoms with Crippen LogP contribution in [0, 0.1) is 0 Å². The fourth-order valence-electron chi connectivity index (χ4n) is 1.79. The largest absolute Gasteiger partial charge is 0.506 e. The van der Waals surface area contributed by atoms with Crippen molar-refractivity contribution in [1.29, 1.82) is 0 Å². The van der Waals surface area contributed by atoms with E-state index in [1.165, 1.54) is 24.3 Å². The molecule has 0 spiro atoms. The van der Waals surface area contributed by atoms with E-state index < -0.39 is 12.5 Å². The Morgan fingerprint density at radius 1 is 1.27 bits per heavy atom. The molecule has 0 unspecified atom stereocenters. The van der Waals surface area contributed by atoms with Gasteiger partial charge in [0.05, 0.1) is 5.02 Å². The molecule has 2 rings (SSSR count). The van der Waals surface area contributed by atoms with Gasteiger partial charge in [-0.05, 0) is 24.3 Å². The van der Waals surface area contributed by atoms with Gasteiger partial charge in [0.15, 0.2) is 0 Å². The second-order valence-electron chi connectivity index (χ2n) is 4.34. The molecule has 1 amide bonds. The SMILES string of the molecule is O=C(NCc1ccccc1OC(F)F)c1ccc(O)c(Cl)c1. The lowest BCUT2D eigenvalue weighted by Gasteiger charge is -2.11. The molecule has 116 valence electrons. The summed E-state index contributed by atoms with van der Waals surface area (Å²) < 4.78 is 29.0. The number of halogens is 3. The summed E-state index contributed by atoms with van der Waals surface area (Å²) in [4.78, 5) is 12.0. The molecule has 22 heavy (non-hydrogen) atoms. The van der Waals surface area contributed by atoms with Crippen LogP contribution in [0.4, 0.5) is 8.78 Å². The number of benzene rings is 2. The van der Waals surface area contributed by atoms with Crippen molar-refractivity contribution < 1.29 is 23.4 Å². The highest BCUT2D eigenvalue weighted by Crippen LogP contribution is 2.24. The van der Waals surface area contributed by atoms with Crippen molar-refractivity contribution in [3.05, 3.63) is 58.6 Å². The molecule has 0 fully saturated rings. The first-order valence-electron chi connectivity index (χ1n) is 6.27. The maximum Gasteiger partial charge on any atom is 0.387 e. The first kappa shape index (κ1) is 16.0. The zero-order valence-electron chi connectivity index (χ0n) is 11.2. The number of nitrogens with one attached hydrogen (secondary N) is 1. The van der Waals surface area contributed by atoms with Crippen molar-refractivity contribution in [2.75, 3.05) is 0 Å². The number of alkyl halides is 2. The molecule has 0 aliphatic heterocycles. The van der Waals surface area contributed by atoms with Gasteiger partial charge in [-0.15, -0.1) is 0 Å². The average molecular weight is 328 g/mol. The Bertz CT molecular complexity index is 680. The molecule has 0 aliphatic rings. The lowest BCUT2D eigenvalue weighted by molar-refractivity contribution is -0.0504. The molecule has 0 aliphatic carbocycles. The number of carbonyl (C=O) groups is 1. The molecule has 0 atom stereocenters. The number of phenolic OH excluding ortho intramolecular Hbond substituents is 1. The minimum absolute atomic E-state index is 0.00142. The molecule has 7 heteroatoms. The van der Waals surface area contributed by atoms with Crippen LogP contribution in [0.15, 0.2) is 42.5 Å². The third-order valence-electron chi connectivity index (χ3n) is 2.84. The molecule has 0 bridgehead atoms. The smallest absolute Gasteiger partial charge is 0.387 e. The third-order valence-corrected chi connectivity index (χ3v) is 3.14. The van der Waals surface area contributed by atoms with Gasteiger partial charge in [0.1, 0.15) is 11.5 Å². The Morgan fingerprint density at radius 3 is 2.68 bits per heavy atom. The number of ether oxygens (including phenoxy) is 1. The number of hydrogen-bond acceptors (Lipinski definition) is 3. The average Bonchev–Trinajstić information content (AvgIpc) is 2.48. The number of para-hydroxylation sites is 1. The van der Waals surface area contributed by atoms with E-state index in [4.69, 9.17) is 11.6 Å². The van der Waals surface area contributed by atoms with Gasteiger partial charge in [-0.1, -0.05) is 29.8 Å². The molecular formula is C15H12ClF2NO3. The van der Waals surface area contributed by atoms with Gasteiger partial charge in [-0.2, -0.15) is 8.78 Å². The topological polar surface area (TPSA) is 58.6 Å². The van der Waals surface area contributed by atoms with Crippen LogP contribution in [-0.4, -0.2) is 17.6 Å². The van der Waals surface area contributed by atoms with Crippen molar-refractivity contribution in [3.63, 3.8) is 0 Å². The summed E-state index contributed by atoms with van der Waals surface area (Å²) >= 11 is 5.72. The van der Waals surface area contributed by atoms with Gasteiger partial charge in [-0.3, -0.25) is 4.79 Å². The molecule has 0 aromatic heterocycles. The molecule has 0 saturated carbocycles. The van der Waals surface area contributed by atoms with Crippen molar-refractivity contribution in [2.24, 2.45) is 0 Å². The van der Waals surface area contributed by atoms with Crippen molar-refractivity contribution in [2.45, 2.75) is 13.2 Å². The van der Waals surface area contributed by atoms with Gasteiger partial charge < -0.3 is 15.2 Å². The fraction of sp³-hybridized carbons (Fsp3) is 0.133. The van der Waals surface area contributed by atoms with Crippen LogP contribution in [0.3, 0.4) is 0 Å². The molecule has 2 aromatic carbocycles. The summed E-state index contributed by atoms with van der Waals surface area (Å²) in [6.07, 6.45) is 0. The van der Waals surface area contributed by atoms with E-state index in [1.807, 2.05) is 0 Å². The zero-order chi connectivity index (χ0) is 16.1. The van der Waals surface area contributed by atoms with Crippen molar-refractivity contribution in [1.82, 2.24) is 5.32 Å². The number of hydrogen-bond donors (Lipinski definition) is 2. The maximum absolute atomic E-state index is 12.3. The summed E-state index contributed by atoms with van der Waals surface area (Å²) in [5.74, 6) is -0.579. The Morgan fingerprint density at radius 2 is 2.00 bits per heavy atom. The maximum atomic E-state index is 12.3. The third kappa shape index (κ3) is 4.08. The van der Waals surface area contributed by atoms with Crippen LogP contribution >= 0.6 is 11.6 Å². The van der Waals surface area contributed by atoms with E-state index in [9.17, 15) is 18.7 Å². The normalized spacial score (nSPS) is 10.5. The first-order valence-corrected chi connectivity index (χ1v) is 6.64. The molecule has 4 nitrogen and oxygen atoms in total. The lowest BCUT2D eigenvalue weighted by atomic mass is 10.1. The van der Waals surface area contributed by atoms with Gasteiger partial charge in [0, 0.05) is 17.7 Å². The standard InChI is InChI=1S/C15H12ClF2NO3/c16-11-7-9(5-6-12(11)20)14(21)19-8-10-3-1-2-4-13(10)22-15(17)18/h1-7,15,20H,8H2,(H,19,21). The minimum Gasteiger partial charge on any atom is -0.506 e. The fourth-order valence-corrected chi connectivity index (χ4v) is 1.97. The van der Waals surface area contributed by atoms with Crippen LogP contribution in [0.1, 0.15) is 15.9 Å². The second kappa shape index (κ2) is 7.09. The number of carbonyl (C=O) groups excluding carboxylic acids is 1. The Kier molecular flexibility index (Phi) is 5.16. The molecule has 2 aromatic rings. The van der Waals surface area contributed by atoms with E-state index in [-0.39, 0.29) is 28.6 Å². The van der Waals surface area contributed by atoms with Gasteiger partial charge in [-0.25, -0.2) is 0 Å². The van der Waals surface area contributed by atoms with Crippen LogP contribution in [0.25, 0.3) is 0 Å². The predicted molar refractivity (Wildman–Crippen MR) is 77.4 cm³/mol. The molecule has 0 saturated heterocycles. The second-order valence-corrected chi connectivity index (χ2v) is 4.74. The van der Waals surface area contributed by atoms with E-state index in [2.05, 4.69) is 10.1 Å². The zero-order valence-corrected chi connectivity index (χ0v) is 12.0. The first-order chi connectivity index (χ1) is 10.5. The van der Waals surface area contributed by atoms with Crippen molar-refractivity contribution in [3.8, 4) is 11.5 Å². The quantitative estimate of drug-likeness (QED) is 0.882. The summed E-state index contributed by atoms with van der Waals surface area (Å²) in [6, 6.07) is 10.2. The summed E-state index contributed by atoms with van der Waals surface area (Å²) in [6.45, 7) is -2.92. The molecule has 0 radical (unpaired) electrons. The monoisotopic (exact) mass is 327 g/mol. The van der Waals surface area contributed by atoms with Gasteiger partial charge >= 0.3 is 6.61 Å². The van der Waals surface area contributed by atoms with Crippen LogP contribution < -0.4 is 10.1 Å². The lowest BCUT2D eigenvalue weighted by Crippen LogP contribution is -2.23. The van der Waals surface area contributed by atoms with Gasteiger partial charge in [0.2, 0.25) is 0 Å². The Hall–Kier alpha value is -2.34. The minimum atomic E-state index is -2.94. The Labute approximate surface area is 130 Å². The number of amides is 1. The number of phenols is 1. The van der Waals surface area contributed by atoms with E-state index in [0.717, 1.165) is 0 Å². The predicted octanol–water partition coefficient (Wildman–Crippen LogP) is 3.58.